The zero-order chi connectivity index (χ0) is 13.9. The Morgan fingerprint density at radius 3 is 2.47 bits per heavy atom. The normalized spacial score (nSPS) is 25.5. The molecule has 0 unspecified atom stereocenters. The van der Waals surface area contributed by atoms with Crippen LogP contribution >= 0.6 is 0 Å². The summed E-state index contributed by atoms with van der Waals surface area (Å²) in [4.78, 5) is 19.0. The molecule has 0 aromatic heterocycles. The Morgan fingerprint density at radius 2 is 1.84 bits per heavy atom. The standard InChI is InChI=1S/C14H28N4O/c1-14(2)12-17(11-10-16(14)3)7-4-13(19)18-8-5-15-6-9-18/h15H,4-12H2,1-3H3. The van der Waals surface area contributed by atoms with E-state index < -0.39 is 0 Å². The first-order valence-corrected chi connectivity index (χ1v) is 7.41. The maximum absolute atomic E-state index is 12.1. The maximum atomic E-state index is 12.1. The van der Waals surface area contributed by atoms with Gasteiger partial charge in [-0.3, -0.25) is 14.6 Å². The smallest absolute Gasteiger partial charge is 0.223 e. The van der Waals surface area contributed by atoms with Crippen molar-refractivity contribution in [3.05, 3.63) is 0 Å². The van der Waals surface area contributed by atoms with Gasteiger partial charge in [-0.1, -0.05) is 0 Å². The van der Waals surface area contributed by atoms with E-state index in [2.05, 4.69) is 36.0 Å². The van der Waals surface area contributed by atoms with Crippen molar-refractivity contribution in [1.82, 2.24) is 20.0 Å². The lowest BCUT2D eigenvalue weighted by molar-refractivity contribution is -0.132. The summed E-state index contributed by atoms with van der Waals surface area (Å²) in [5, 5.41) is 3.28. The molecule has 2 rings (SSSR count). The topological polar surface area (TPSA) is 38.8 Å². The summed E-state index contributed by atoms with van der Waals surface area (Å²) in [5.41, 5.74) is 0.219. The number of amides is 1. The quantitative estimate of drug-likeness (QED) is 0.772. The number of rotatable bonds is 3. The molecule has 2 heterocycles. The SMILES string of the molecule is CN1CCN(CCC(=O)N2CCNCC2)CC1(C)C. The number of hydrogen-bond donors (Lipinski definition) is 1. The van der Waals surface area contributed by atoms with E-state index in [0.29, 0.717) is 12.3 Å². The minimum absolute atomic E-state index is 0.219. The molecule has 0 aliphatic carbocycles. The Hall–Kier alpha value is -0.650. The minimum Gasteiger partial charge on any atom is -0.340 e. The molecule has 0 saturated carbocycles. The molecule has 2 saturated heterocycles. The lowest BCUT2D eigenvalue weighted by Crippen LogP contribution is -2.58. The maximum Gasteiger partial charge on any atom is 0.223 e. The molecule has 2 fully saturated rings. The Morgan fingerprint density at radius 1 is 1.16 bits per heavy atom. The molecule has 2 aliphatic rings. The zero-order valence-electron chi connectivity index (χ0n) is 12.6. The van der Waals surface area contributed by atoms with Gasteiger partial charge in [-0.05, 0) is 20.9 Å². The van der Waals surface area contributed by atoms with Crippen LogP contribution in [0.15, 0.2) is 0 Å². The van der Waals surface area contributed by atoms with E-state index in [1.807, 2.05) is 4.90 Å². The lowest BCUT2D eigenvalue weighted by Gasteiger charge is -2.45. The van der Waals surface area contributed by atoms with Crippen LogP contribution in [0.1, 0.15) is 20.3 Å². The molecule has 5 nitrogen and oxygen atoms in total. The van der Waals surface area contributed by atoms with Gasteiger partial charge >= 0.3 is 0 Å². The molecular weight excluding hydrogens is 240 g/mol. The van der Waals surface area contributed by atoms with Gasteiger partial charge in [0.1, 0.15) is 0 Å². The predicted octanol–water partition coefficient (Wildman–Crippen LogP) is -0.166. The summed E-state index contributed by atoms with van der Waals surface area (Å²) in [6, 6.07) is 0. The van der Waals surface area contributed by atoms with Crippen LogP contribution in [0.5, 0.6) is 0 Å². The van der Waals surface area contributed by atoms with Crippen LogP contribution in [0, 0.1) is 0 Å². The highest BCUT2D eigenvalue weighted by atomic mass is 16.2. The predicted molar refractivity (Wildman–Crippen MR) is 77.2 cm³/mol. The number of likely N-dealkylation sites (N-methyl/N-ethyl adjacent to an activating group) is 1. The monoisotopic (exact) mass is 268 g/mol. The summed E-state index contributed by atoms with van der Waals surface area (Å²) in [5.74, 6) is 0.318. The van der Waals surface area contributed by atoms with Crippen LogP contribution in [0.2, 0.25) is 0 Å². The van der Waals surface area contributed by atoms with Crippen LogP contribution in [0.4, 0.5) is 0 Å². The van der Waals surface area contributed by atoms with Crippen LogP contribution in [-0.4, -0.2) is 85.6 Å². The third-order valence-corrected chi connectivity index (χ3v) is 4.51. The van der Waals surface area contributed by atoms with Crippen molar-refractivity contribution in [1.29, 1.82) is 0 Å². The number of nitrogens with one attached hydrogen (secondary N) is 1. The Bertz CT molecular complexity index is 313. The summed E-state index contributed by atoms with van der Waals surface area (Å²) >= 11 is 0. The van der Waals surface area contributed by atoms with Gasteiger partial charge in [0.2, 0.25) is 5.91 Å². The first-order chi connectivity index (χ1) is 8.99. The van der Waals surface area contributed by atoms with Crippen molar-refractivity contribution < 1.29 is 4.79 Å². The van der Waals surface area contributed by atoms with Crippen molar-refractivity contribution in [2.45, 2.75) is 25.8 Å². The highest BCUT2D eigenvalue weighted by molar-refractivity contribution is 5.76. The van der Waals surface area contributed by atoms with Crippen molar-refractivity contribution in [3.8, 4) is 0 Å². The van der Waals surface area contributed by atoms with Gasteiger partial charge in [0, 0.05) is 64.3 Å². The number of piperazine rings is 2. The fourth-order valence-corrected chi connectivity index (χ4v) is 2.86. The molecule has 1 amide bonds. The van der Waals surface area contributed by atoms with Gasteiger partial charge in [-0.15, -0.1) is 0 Å². The molecule has 110 valence electrons. The second-order valence-electron chi connectivity index (χ2n) is 6.39. The largest absolute Gasteiger partial charge is 0.340 e. The molecule has 0 spiro atoms. The van der Waals surface area contributed by atoms with Crippen LogP contribution in [0.3, 0.4) is 0 Å². The molecule has 0 radical (unpaired) electrons. The number of hydrogen-bond acceptors (Lipinski definition) is 4. The molecule has 5 heteroatoms. The van der Waals surface area contributed by atoms with Gasteiger partial charge in [0.05, 0.1) is 0 Å². The third-order valence-electron chi connectivity index (χ3n) is 4.51. The molecule has 19 heavy (non-hydrogen) atoms. The molecule has 1 N–H and O–H groups in total. The van der Waals surface area contributed by atoms with E-state index in [-0.39, 0.29) is 5.54 Å². The lowest BCUT2D eigenvalue weighted by atomic mass is 9.99. The van der Waals surface area contributed by atoms with Crippen LogP contribution in [-0.2, 0) is 4.79 Å². The van der Waals surface area contributed by atoms with Crippen molar-refractivity contribution in [3.63, 3.8) is 0 Å². The Kier molecular flexibility index (Phi) is 4.81. The second kappa shape index (κ2) is 6.20. The van der Waals surface area contributed by atoms with E-state index in [4.69, 9.17) is 0 Å². The summed E-state index contributed by atoms with van der Waals surface area (Å²) < 4.78 is 0. The van der Waals surface area contributed by atoms with E-state index in [1.54, 1.807) is 0 Å². The van der Waals surface area contributed by atoms with E-state index in [0.717, 1.165) is 52.4 Å². The number of nitrogens with zero attached hydrogens (tertiary/aromatic N) is 3. The fraction of sp³-hybridized carbons (Fsp3) is 0.929. The van der Waals surface area contributed by atoms with Gasteiger partial charge in [-0.25, -0.2) is 0 Å². The van der Waals surface area contributed by atoms with Crippen molar-refractivity contribution in [2.75, 3.05) is 59.4 Å². The molecular formula is C14H28N4O. The fourth-order valence-electron chi connectivity index (χ4n) is 2.86. The summed E-state index contributed by atoms with van der Waals surface area (Å²) in [6.45, 7) is 12.3. The first kappa shape index (κ1) is 14.8. The van der Waals surface area contributed by atoms with Gasteiger partial charge in [0.15, 0.2) is 0 Å². The molecule has 0 aromatic rings. The van der Waals surface area contributed by atoms with Crippen molar-refractivity contribution >= 4 is 5.91 Å². The van der Waals surface area contributed by atoms with Crippen molar-refractivity contribution in [2.24, 2.45) is 0 Å². The van der Waals surface area contributed by atoms with Gasteiger partial charge in [0.25, 0.3) is 0 Å². The van der Waals surface area contributed by atoms with Crippen LogP contribution < -0.4 is 5.32 Å². The average molecular weight is 268 g/mol. The molecule has 2 aliphatic heterocycles. The third kappa shape index (κ3) is 3.91. The minimum atomic E-state index is 0.219. The zero-order valence-corrected chi connectivity index (χ0v) is 12.6. The summed E-state index contributed by atoms with van der Waals surface area (Å²) in [7, 11) is 2.18. The molecule has 0 aromatic carbocycles. The second-order valence-corrected chi connectivity index (χ2v) is 6.39. The van der Waals surface area contributed by atoms with E-state index in [9.17, 15) is 4.79 Å². The van der Waals surface area contributed by atoms with Crippen LogP contribution in [0.25, 0.3) is 0 Å². The Labute approximate surface area is 116 Å². The van der Waals surface area contributed by atoms with E-state index in [1.165, 1.54) is 0 Å². The van der Waals surface area contributed by atoms with E-state index >= 15 is 0 Å². The van der Waals surface area contributed by atoms with Gasteiger partial charge < -0.3 is 10.2 Å². The Balaban J connectivity index is 1.74. The highest BCUT2D eigenvalue weighted by Gasteiger charge is 2.31. The molecule has 0 bridgehead atoms. The average Bonchev–Trinajstić information content (AvgIpc) is 2.40. The highest BCUT2D eigenvalue weighted by Crippen LogP contribution is 2.18. The molecule has 0 atom stereocenters. The summed E-state index contributed by atoms with van der Waals surface area (Å²) in [6.07, 6.45) is 0.666. The number of carbonyl (C=O) groups is 1. The number of carbonyl (C=O) groups excluding carboxylic acids is 1. The van der Waals surface area contributed by atoms with Gasteiger partial charge in [-0.2, -0.15) is 0 Å². The first-order valence-electron chi connectivity index (χ1n) is 7.41.